The van der Waals surface area contributed by atoms with Gasteiger partial charge in [-0.15, -0.1) is 0 Å². The largest absolute Gasteiger partial charge is 0.455 e. The molecule has 28 nitrogen and oxygen atoms in total. The molecule has 660 valence electrons. The van der Waals surface area contributed by atoms with Crippen LogP contribution >= 0.6 is 0 Å². The predicted molar refractivity (Wildman–Crippen MR) is 482 cm³/mol. The Morgan fingerprint density at radius 2 is 0.873 bits per heavy atom. The number of fused-ring (bicyclic) bond motifs is 2. The molecule has 0 unspecified atom stereocenters. The van der Waals surface area contributed by atoms with Crippen molar-refractivity contribution in [1.82, 2.24) is 39.2 Å². The minimum Gasteiger partial charge on any atom is -0.455 e. The van der Waals surface area contributed by atoms with E-state index in [1.54, 1.807) is 83.4 Å². The lowest BCUT2D eigenvalue weighted by Gasteiger charge is -2.41. The molecule has 30 heteroatoms. The second kappa shape index (κ2) is 36.0. The van der Waals surface area contributed by atoms with E-state index < -0.39 is 62.9 Å². The second-order valence-electron chi connectivity index (χ2n) is 36.7. The number of likely N-dealkylation sites (tertiary alicyclic amines) is 2. The molecule has 20 rings (SSSR count). The molecule has 2 amide bonds. The number of nitro groups is 2. The average Bonchev–Trinajstić information content (AvgIpc) is 1.58. The van der Waals surface area contributed by atoms with Gasteiger partial charge in [-0.1, -0.05) is 48.5 Å². The van der Waals surface area contributed by atoms with Crippen molar-refractivity contribution in [3.8, 4) is 23.0 Å². The maximum absolute atomic E-state index is 14.0. The molecule has 4 aliphatic carbocycles. The summed E-state index contributed by atoms with van der Waals surface area (Å²) in [7, 11) is -9.08. The third-order valence-electron chi connectivity index (χ3n) is 28.9. The Hall–Kier alpha value is -11.0. The number of sulfonamides is 2. The molecule has 0 bridgehead atoms. The van der Waals surface area contributed by atoms with Crippen LogP contribution in [-0.4, -0.2) is 159 Å². The zero-order valence-corrected chi connectivity index (χ0v) is 72.6. The highest BCUT2D eigenvalue weighted by Gasteiger charge is 2.49. The van der Waals surface area contributed by atoms with Crippen molar-refractivity contribution in [1.29, 1.82) is 0 Å². The van der Waals surface area contributed by atoms with Crippen LogP contribution in [0.5, 0.6) is 23.0 Å². The molecular formula is C96H110N14O14S2. The predicted octanol–water partition coefficient (Wildman–Crippen LogP) is 18.1. The van der Waals surface area contributed by atoms with E-state index >= 15 is 0 Å². The van der Waals surface area contributed by atoms with Gasteiger partial charge in [0.15, 0.2) is 0 Å². The van der Waals surface area contributed by atoms with E-state index in [2.05, 4.69) is 108 Å². The van der Waals surface area contributed by atoms with Gasteiger partial charge in [0.05, 0.1) is 43.2 Å². The van der Waals surface area contributed by atoms with Gasteiger partial charge in [-0.05, 0) is 284 Å². The van der Waals surface area contributed by atoms with Gasteiger partial charge in [-0.2, -0.15) is 0 Å². The zero-order chi connectivity index (χ0) is 86.3. The number of anilines is 4. The number of piperidine rings is 2. The maximum Gasteiger partial charge on any atom is 0.293 e. The molecule has 4 saturated carbocycles. The topological polar surface area (TPSA) is 344 Å². The van der Waals surface area contributed by atoms with Gasteiger partial charge in [0.25, 0.3) is 43.2 Å². The van der Waals surface area contributed by atoms with Crippen molar-refractivity contribution < 1.29 is 55.2 Å². The molecule has 6 aromatic carbocycles. The van der Waals surface area contributed by atoms with E-state index in [-0.39, 0.29) is 45.8 Å². The van der Waals surface area contributed by atoms with Crippen molar-refractivity contribution >= 4 is 88.1 Å². The lowest BCUT2D eigenvalue weighted by molar-refractivity contribution is -0.384. The summed E-state index contributed by atoms with van der Waals surface area (Å²) in [6, 6.07) is 45.6. The monoisotopic (exact) mass is 1750 g/mol. The molecule has 10 heterocycles. The van der Waals surface area contributed by atoms with Crippen molar-refractivity contribution in [2.24, 2.45) is 22.7 Å². The average molecular weight is 1750 g/mol. The van der Waals surface area contributed by atoms with Gasteiger partial charge in [0.2, 0.25) is 0 Å². The Balaban J connectivity index is 0.000000165. The number of nitrogens with one attached hydrogen (secondary N) is 6. The molecule has 10 aliphatic rings. The summed E-state index contributed by atoms with van der Waals surface area (Å²) in [5.74, 6) is 1.30. The standard InChI is InChI=1S/2C48H55N7O7S/c2*56-47(52-63(59,60)38-10-12-42(44(28-38)55(57)58)50-30-32-15-24-61-25-16-32)41-11-9-35(27-45(41)62-37-26-34-14-20-49-46(34)51-31-37)53-22-18-48(19-23-53)17-13-36(29-48)54-21-3-6-43(54)40-5-2-1-4-39(40)33-7-8-33/h2*1-2,4-5,9-12,14,20,26-28,31-33,36,43,50H,3,6-8,13,15-19,21-25,29-30H2,(H,49,51)(H,52,56)/t36-,43+;36-,43-/m10/s1. The van der Waals surface area contributed by atoms with Crippen molar-refractivity contribution in [2.45, 2.75) is 187 Å². The van der Waals surface area contributed by atoms with Gasteiger partial charge in [0.1, 0.15) is 45.7 Å². The van der Waals surface area contributed by atoms with E-state index in [0.717, 1.165) is 124 Å². The Morgan fingerprint density at radius 1 is 0.468 bits per heavy atom. The Kier molecular flexibility index (Phi) is 24.1. The number of carbonyl (C=O) groups is 2. The fourth-order valence-electron chi connectivity index (χ4n) is 21.6. The molecule has 0 radical (unpaired) electrons. The fraction of sp³-hybridized carbons (Fsp3) is 0.458. The van der Waals surface area contributed by atoms with Gasteiger partial charge in [0, 0.05) is 149 Å². The van der Waals surface area contributed by atoms with Crippen molar-refractivity contribution in [3.05, 3.63) is 224 Å². The minimum absolute atomic E-state index is 0.00344. The number of hydrogen-bond donors (Lipinski definition) is 6. The van der Waals surface area contributed by atoms with Crippen LogP contribution in [0.2, 0.25) is 0 Å². The summed E-state index contributed by atoms with van der Waals surface area (Å²) >= 11 is 0. The molecule has 4 aromatic heterocycles. The van der Waals surface area contributed by atoms with Crippen LogP contribution < -0.4 is 39.4 Å². The molecular weight excluding hydrogens is 1640 g/mol. The minimum atomic E-state index is -4.54. The number of aromatic amines is 2. The summed E-state index contributed by atoms with van der Waals surface area (Å²) in [5, 5.41) is 32.1. The van der Waals surface area contributed by atoms with Crippen LogP contribution in [0, 0.1) is 42.9 Å². The number of rotatable bonds is 26. The van der Waals surface area contributed by atoms with Crippen LogP contribution in [0.4, 0.5) is 34.1 Å². The number of hydrogen-bond acceptors (Lipinski definition) is 22. The Labute approximate surface area is 734 Å². The Bertz CT molecular complexity index is 5590. The third-order valence-corrected chi connectivity index (χ3v) is 31.5. The van der Waals surface area contributed by atoms with Gasteiger partial charge >= 0.3 is 0 Å². The number of aromatic nitrogens is 4. The summed E-state index contributed by atoms with van der Waals surface area (Å²) in [5.41, 5.74) is 9.60. The zero-order valence-electron chi connectivity index (χ0n) is 70.9. The SMILES string of the molecule is O=C(NS(=O)(=O)c1ccc(NCC2CCOCC2)c([N+](=O)[O-])c1)c1ccc(N2CCC3(CC[C@@H](N4CCC[C@H]4c4ccccc4C4CC4)C3)CC2)cc1Oc1cnc2[nH]ccc2c1.O=C(NS(=O)(=O)c1ccc(NCC2CCOCC2)c([N+](=O)[O-])c1)c1ccc(N2CCC3(CC[C@H](N4CCC[C@H]4c4ccccc4C4CC4)C3)CC2)cc1Oc1cnc2[nH]ccc2c1. The molecule has 6 aliphatic heterocycles. The fourth-order valence-corrected chi connectivity index (χ4v) is 23.6. The highest BCUT2D eigenvalue weighted by atomic mass is 32.2. The second-order valence-corrected chi connectivity index (χ2v) is 40.1. The summed E-state index contributed by atoms with van der Waals surface area (Å²) in [4.78, 5) is 75.5. The number of amides is 2. The number of nitro benzene ring substituents is 2. The lowest BCUT2D eigenvalue weighted by atomic mass is 9.76. The van der Waals surface area contributed by atoms with Gasteiger partial charge in [-0.25, -0.2) is 36.2 Å². The van der Waals surface area contributed by atoms with E-state index in [0.29, 0.717) is 97.3 Å². The first-order valence-electron chi connectivity index (χ1n) is 45.3. The first kappa shape index (κ1) is 84.5. The summed E-state index contributed by atoms with van der Waals surface area (Å²) in [6.45, 7) is 9.30. The van der Waals surface area contributed by atoms with Crippen molar-refractivity contribution in [3.63, 3.8) is 0 Å². The molecule has 10 fully saturated rings. The van der Waals surface area contributed by atoms with E-state index in [1.807, 2.05) is 24.3 Å². The maximum atomic E-state index is 14.0. The smallest absolute Gasteiger partial charge is 0.293 e. The highest BCUT2D eigenvalue weighted by molar-refractivity contribution is 7.90. The van der Waals surface area contributed by atoms with Crippen LogP contribution in [0.3, 0.4) is 0 Å². The first-order chi connectivity index (χ1) is 61.2. The number of carbonyl (C=O) groups excluding carboxylic acids is 2. The van der Waals surface area contributed by atoms with Crippen molar-refractivity contribution in [2.75, 3.05) is 99.2 Å². The van der Waals surface area contributed by atoms with E-state index in [9.17, 15) is 46.7 Å². The molecule has 126 heavy (non-hydrogen) atoms. The normalized spacial score (nSPS) is 21.8. The number of nitrogens with zero attached hydrogens (tertiary/aromatic N) is 8. The quantitative estimate of drug-likeness (QED) is 0.0217. The van der Waals surface area contributed by atoms with Crippen LogP contribution in [0.1, 0.15) is 208 Å². The van der Waals surface area contributed by atoms with Crippen LogP contribution in [-0.2, 0) is 29.5 Å². The van der Waals surface area contributed by atoms with Gasteiger partial charge < -0.3 is 49.3 Å². The molecule has 10 aromatic rings. The van der Waals surface area contributed by atoms with E-state index in [1.165, 1.54) is 127 Å². The molecule has 6 N–H and O–H groups in total. The summed E-state index contributed by atoms with van der Waals surface area (Å²) < 4.78 is 82.7. The number of pyridine rings is 2. The number of H-pyrrole nitrogens is 2. The first-order valence-corrected chi connectivity index (χ1v) is 48.2. The lowest BCUT2D eigenvalue weighted by Crippen LogP contribution is -2.40. The number of benzene rings is 6. The molecule has 4 atom stereocenters. The molecule has 2 spiro atoms. The highest BCUT2D eigenvalue weighted by Crippen LogP contribution is 2.55. The number of ether oxygens (including phenoxy) is 4. The van der Waals surface area contributed by atoms with E-state index in [4.69, 9.17) is 18.9 Å². The van der Waals surface area contributed by atoms with Crippen LogP contribution in [0.15, 0.2) is 180 Å². The summed E-state index contributed by atoms with van der Waals surface area (Å²) in [6.07, 6.45) is 31.9. The van der Waals surface area contributed by atoms with Gasteiger partial charge in [-0.3, -0.25) is 39.6 Å². The Morgan fingerprint density at radius 3 is 1.27 bits per heavy atom. The molecule has 6 saturated heterocycles. The van der Waals surface area contributed by atoms with Crippen LogP contribution in [0.25, 0.3) is 22.1 Å². The third kappa shape index (κ3) is 18.5.